The number of halogens is 1. The lowest BCUT2D eigenvalue weighted by Crippen LogP contribution is -2.29. The van der Waals surface area contributed by atoms with E-state index in [4.69, 9.17) is 4.99 Å². The van der Waals surface area contributed by atoms with E-state index in [1.165, 1.54) is 76.0 Å². The Bertz CT molecular complexity index is 976. The number of hydrogen-bond donors (Lipinski definition) is 1. The summed E-state index contributed by atoms with van der Waals surface area (Å²) in [5.74, 6) is 3.55. The summed E-state index contributed by atoms with van der Waals surface area (Å²) >= 11 is 0. The molecule has 3 nitrogen and oxygen atoms in total. The molecule has 2 saturated carbocycles. The van der Waals surface area contributed by atoms with E-state index in [1.807, 2.05) is 6.08 Å². The Morgan fingerprint density at radius 3 is 2.69 bits per heavy atom. The first-order chi connectivity index (χ1) is 15.6. The standard InChI is InChI=1S/C28H35FN2O/c1-31(16-15-19-5-4-8-20-6-2-3-7-22(20)17-19)27-14-10-21-9-12-24(28(21)30-27)25-18-23(32)11-13-26(25)29/h9-14,18-22,32H,2-8,15-17H2,1H3. The maximum Gasteiger partial charge on any atom is 0.131 e. The molecule has 0 radical (unpaired) electrons. The van der Waals surface area contributed by atoms with Gasteiger partial charge in [-0.05, 0) is 54.9 Å². The lowest BCUT2D eigenvalue weighted by molar-refractivity contribution is 0.204. The van der Waals surface area contributed by atoms with E-state index in [1.54, 1.807) is 0 Å². The van der Waals surface area contributed by atoms with Crippen molar-refractivity contribution in [2.24, 2.45) is 28.7 Å². The van der Waals surface area contributed by atoms with E-state index in [2.05, 4.69) is 30.2 Å². The zero-order valence-corrected chi connectivity index (χ0v) is 19.1. The van der Waals surface area contributed by atoms with Crippen molar-refractivity contribution < 1.29 is 9.50 Å². The topological polar surface area (TPSA) is 35.8 Å². The normalized spacial score (nSPS) is 29.4. The third-order valence-corrected chi connectivity index (χ3v) is 8.14. The van der Waals surface area contributed by atoms with Crippen LogP contribution in [0, 0.1) is 29.5 Å². The molecule has 1 heterocycles. The average molecular weight is 435 g/mol. The molecule has 4 unspecified atom stereocenters. The van der Waals surface area contributed by atoms with Crippen molar-refractivity contribution in [3.8, 4) is 5.75 Å². The average Bonchev–Trinajstić information content (AvgIpc) is 3.11. The van der Waals surface area contributed by atoms with Crippen LogP contribution in [0.4, 0.5) is 4.39 Å². The molecule has 5 rings (SSSR count). The summed E-state index contributed by atoms with van der Waals surface area (Å²) in [5.41, 5.74) is 2.06. The van der Waals surface area contributed by atoms with Crippen LogP contribution < -0.4 is 0 Å². The van der Waals surface area contributed by atoms with Crippen LogP contribution in [0.3, 0.4) is 0 Å². The predicted octanol–water partition coefficient (Wildman–Crippen LogP) is 6.72. The smallest absolute Gasteiger partial charge is 0.131 e. The fraction of sp³-hybridized carbons (Fsp3) is 0.536. The minimum atomic E-state index is -0.329. The zero-order chi connectivity index (χ0) is 22.1. The molecule has 1 aromatic carbocycles. The van der Waals surface area contributed by atoms with Crippen molar-refractivity contribution in [2.75, 3.05) is 13.6 Å². The molecule has 0 saturated heterocycles. The highest BCUT2D eigenvalue weighted by Crippen LogP contribution is 2.42. The molecule has 1 N–H and O–H groups in total. The van der Waals surface area contributed by atoms with Gasteiger partial charge in [0.1, 0.15) is 17.4 Å². The van der Waals surface area contributed by atoms with E-state index in [-0.39, 0.29) is 17.5 Å². The molecule has 4 atom stereocenters. The molecule has 0 aromatic heterocycles. The number of aliphatic imine (C=N–C) groups is 1. The van der Waals surface area contributed by atoms with Crippen LogP contribution in [0.5, 0.6) is 5.75 Å². The Labute approximate surface area is 191 Å². The number of hydrogen-bond acceptors (Lipinski definition) is 3. The highest BCUT2D eigenvalue weighted by molar-refractivity contribution is 5.97. The zero-order valence-electron chi connectivity index (χ0n) is 19.1. The number of amidine groups is 1. The highest BCUT2D eigenvalue weighted by Gasteiger charge is 2.30. The first-order valence-corrected chi connectivity index (χ1v) is 12.5. The minimum absolute atomic E-state index is 0.0719. The van der Waals surface area contributed by atoms with Crippen LogP contribution in [0.15, 0.2) is 53.2 Å². The second kappa shape index (κ2) is 9.25. The molecular weight excluding hydrogens is 399 g/mol. The Morgan fingerprint density at radius 2 is 1.81 bits per heavy atom. The molecular formula is C28H35FN2O. The summed E-state index contributed by atoms with van der Waals surface area (Å²) in [6.45, 7) is 1.01. The van der Waals surface area contributed by atoms with Crippen LogP contribution in [-0.4, -0.2) is 29.4 Å². The van der Waals surface area contributed by atoms with Gasteiger partial charge in [-0.3, -0.25) is 0 Å². The lowest BCUT2D eigenvalue weighted by Gasteiger charge is -2.31. The van der Waals surface area contributed by atoms with E-state index < -0.39 is 0 Å². The highest BCUT2D eigenvalue weighted by atomic mass is 19.1. The third kappa shape index (κ3) is 4.42. The summed E-state index contributed by atoms with van der Waals surface area (Å²) in [4.78, 5) is 7.21. The van der Waals surface area contributed by atoms with E-state index in [9.17, 15) is 9.50 Å². The third-order valence-electron chi connectivity index (χ3n) is 8.14. The molecule has 0 amide bonds. The van der Waals surface area contributed by atoms with Crippen LogP contribution in [0.1, 0.15) is 63.4 Å². The van der Waals surface area contributed by atoms with Crippen molar-refractivity contribution in [1.82, 2.24) is 4.90 Å². The van der Waals surface area contributed by atoms with Gasteiger partial charge in [-0.15, -0.1) is 0 Å². The number of likely N-dealkylation sites (N-methyl/N-ethyl adjacent to an activating group) is 1. The van der Waals surface area contributed by atoms with Crippen molar-refractivity contribution in [1.29, 1.82) is 0 Å². The second-order valence-electron chi connectivity index (χ2n) is 10.2. The fourth-order valence-electron chi connectivity index (χ4n) is 6.30. The molecule has 0 bridgehead atoms. The summed E-state index contributed by atoms with van der Waals surface area (Å²) in [7, 11) is 2.13. The van der Waals surface area contributed by atoms with Gasteiger partial charge in [0.05, 0.1) is 5.70 Å². The number of allylic oxidation sites excluding steroid dienone is 3. The maximum atomic E-state index is 14.5. The number of phenols is 1. The van der Waals surface area contributed by atoms with E-state index in [0.29, 0.717) is 5.56 Å². The number of rotatable bonds is 4. The Kier molecular flexibility index (Phi) is 6.21. The second-order valence-corrected chi connectivity index (χ2v) is 10.2. The summed E-state index contributed by atoms with van der Waals surface area (Å²) < 4.78 is 14.5. The fourth-order valence-corrected chi connectivity index (χ4v) is 6.30. The van der Waals surface area contributed by atoms with Crippen molar-refractivity contribution in [2.45, 2.75) is 57.8 Å². The first kappa shape index (κ1) is 21.5. The molecule has 3 aliphatic carbocycles. The molecule has 170 valence electrons. The Hall–Kier alpha value is -2.36. The van der Waals surface area contributed by atoms with Gasteiger partial charge in [0.25, 0.3) is 0 Å². The number of benzene rings is 1. The van der Waals surface area contributed by atoms with Gasteiger partial charge in [-0.1, -0.05) is 63.2 Å². The molecule has 2 fully saturated rings. The summed E-state index contributed by atoms with van der Waals surface area (Å²) in [5, 5.41) is 9.85. The van der Waals surface area contributed by atoms with Gasteiger partial charge in [-0.25, -0.2) is 9.38 Å². The molecule has 4 heteroatoms. The van der Waals surface area contributed by atoms with Crippen LogP contribution >= 0.6 is 0 Å². The first-order valence-electron chi connectivity index (χ1n) is 12.5. The summed E-state index contributed by atoms with van der Waals surface area (Å²) in [6.07, 6.45) is 20.9. The van der Waals surface area contributed by atoms with Gasteiger partial charge >= 0.3 is 0 Å². The van der Waals surface area contributed by atoms with Crippen molar-refractivity contribution >= 4 is 11.4 Å². The number of nitrogens with zero attached hydrogens (tertiary/aromatic N) is 2. The van der Waals surface area contributed by atoms with E-state index >= 15 is 0 Å². The SMILES string of the molecule is CN(CCC1CCCC2CCCCC2C1)C1=NC2=C(c3cc(O)ccc3F)C=CC2C=C1. The lowest BCUT2D eigenvalue weighted by atomic mass is 9.75. The molecule has 0 spiro atoms. The van der Waals surface area contributed by atoms with Gasteiger partial charge in [-0.2, -0.15) is 0 Å². The van der Waals surface area contributed by atoms with Gasteiger partial charge in [0.2, 0.25) is 0 Å². The van der Waals surface area contributed by atoms with Gasteiger partial charge in [0, 0.05) is 30.6 Å². The number of dihydropyridines is 1. The molecule has 32 heavy (non-hydrogen) atoms. The monoisotopic (exact) mass is 434 g/mol. The number of fused-ring (bicyclic) bond motifs is 2. The number of phenolic OH excluding ortho intramolecular Hbond substituents is 1. The van der Waals surface area contributed by atoms with Crippen LogP contribution in [0.2, 0.25) is 0 Å². The summed E-state index contributed by atoms with van der Waals surface area (Å²) in [6, 6.07) is 4.19. The van der Waals surface area contributed by atoms with E-state index in [0.717, 1.165) is 41.4 Å². The van der Waals surface area contributed by atoms with Gasteiger partial charge in [0.15, 0.2) is 0 Å². The number of aromatic hydroxyl groups is 1. The largest absolute Gasteiger partial charge is 0.508 e. The predicted molar refractivity (Wildman–Crippen MR) is 129 cm³/mol. The maximum absolute atomic E-state index is 14.5. The quantitative estimate of drug-likeness (QED) is 0.571. The molecule has 4 aliphatic rings. The van der Waals surface area contributed by atoms with Crippen LogP contribution in [-0.2, 0) is 0 Å². The Balaban J connectivity index is 1.28. The Morgan fingerprint density at radius 1 is 1.03 bits per heavy atom. The van der Waals surface area contributed by atoms with Crippen molar-refractivity contribution in [3.05, 3.63) is 59.6 Å². The molecule has 1 aliphatic heterocycles. The minimum Gasteiger partial charge on any atom is -0.508 e. The molecule has 1 aromatic rings. The van der Waals surface area contributed by atoms with Crippen molar-refractivity contribution in [3.63, 3.8) is 0 Å². The van der Waals surface area contributed by atoms with Gasteiger partial charge < -0.3 is 10.0 Å². The van der Waals surface area contributed by atoms with Crippen LogP contribution in [0.25, 0.3) is 5.57 Å².